The maximum Gasteiger partial charge on any atom is 0.262 e. The molecule has 0 aromatic carbocycles. The number of halogens is 1. The Balaban J connectivity index is 2.30. The summed E-state index contributed by atoms with van der Waals surface area (Å²) in [7, 11) is 0. The first-order valence-electron chi connectivity index (χ1n) is 4.81. The van der Waals surface area contributed by atoms with E-state index in [-0.39, 0.29) is 0 Å². The van der Waals surface area contributed by atoms with Crippen molar-refractivity contribution in [3.63, 3.8) is 0 Å². The number of aromatic nitrogens is 2. The molecule has 2 aromatic rings. The van der Waals surface area contributed by atoms with Gasteiger partial charge in [-0.25, -0.2) is 9.97 Å². The maximum absolute atomic E-state index is 5.50. The normalized spacial score (nSPS) is 10.8. The van der Waals surface area contributed by atoms with Crippen molar-refractivity contribution in [1.29, 1.82) is 0 Å². The molecule has 2 rings (SSSR count). The Kier molecular flexibility index (Phi) is 3.35. The van der Waals surface area contributed by atoms with Crippen LogP contribution in [-0.4, -0.2) is 9.97 Å². The lowest BCUT2D eigenvalue weighted by Gasteiger charge is -2.02. The zero-order valence-electron chi connectivity index (χ0n) is 9.24. The molecule has 0 spiro atoms. The van der Waals surface area contributed by atoms with E-state index in [2.05, 4.69) is 25.9 Å². The number of rotatable bonds is 2. The second-order valence-corrected chi connectivity index (χ2v) is 5.20. The van der Waals surface area contributed by atoms with Gasteiger partial charge in [-0.2, -0.15) is 0 Å². The molecule has 0 bridgehead atoms. The molecule has 0 saturated heterocycles. The number of pyridine rings is 1. The van der Waals surface area contributed by atoms with Crippen LogP contribution in [0.25, 0.3) is 0 Å². The summed E-state index contributed by atoms with van der Waals surface area (Å²) in [4.78, 5) is 8.60. The molecule has 5 heteroatoms. The van der Waals surface area contributed by atoms with Crippen LogP contribution in [0.1, 0.15) is 17.0 Å². The average Bonchev–Trinajstić information content (AvgIpc) is 2.54. The topological polar surface area (TPSA) is 38.9 Å². The zero-order chi connectivity index (χ0) is 11.7. The van der Waals surface area contributed by atoms with Gasteiger partial charge in [0.25, 0.3) is 5.22 Å². The molecule has 0 fully saturated rings. The van der Waals surface area contributed by atoms with Crippen LogP contribution in [0.15, 0.2) is 31.4 Å². The third-order valence-corrected chi connectivity index (χ3v) is 4.36. The number of oxazole rings is 1. The van der Waals surface area contributed by atoms with E-state index in [9.17, 15) is 0 Å². The highest BCUT2D eigenvalue weighted by Crippen LogP contribution is 2.33. The molecule has 84 valence electrons. The van der Waals surface area contributed by atoms with Gasteiger partial charge in [0.15, 0.2) is 0 Å². The van der Waals surface area contributed by atoms with Gasteiger partial charge < -0.3 is 4.42 Å². The maximum atomic E-state index is 5.50. The number of nitrogens with zero attached hydrogens (tertiary/aromatic N) is 2. The van der Waals surface area contributed by atoms with Crippen molar-refractivity contribution in [2.24, 2.45) is 0 Å². The quantitative estimate of drug-likeness (QED) is 0.843. The van der Waals surface area contributed by atoms with E-state index in [1.54, 1.807) is 6.20 Å². The Morgan fingerprint density at radius 1 is 1.31 bits per heavy atom. The summed E-state index contributed by atoms with van der Waals surface area (Å²) in [5.74, 6) is 0.853. The smallest absolute Gasteiger partial charge is 0.262 e. The van der Waals surface area contributed by atoms with Crippen molar-refractivity contribution >= 4 is 27.7 Å². The van der Waals surface area contributed by atoms with Crippen LogP contribution in [0.5, 0.6) is 0 Å². The second-order valence-electron chi connectivity index (χ2n) is 3.47. The Bertz CT molecular complexity index is 505. The molecule has 2 heterocycles. The number of hydrogen-bond donors (Lipinski definition) is 0. The molecule has 0 amide bonds. The summed E-state index contributed by atoms with van der Waals surface area (Å²) < 4.78 is 6.50. The minimum absolute atomic E-state index is 0.633. The van der Waals surface area contributed by atoms with Crippen molar-refractivity contribution < 1.29 is 4.42 Å². The standard InChI is InChI=1S/C11H11BrN2OS/c1-6-4-5-13-10(9(6)12)16-11-14-7(2)8(3)15-11/h4-5H,1-3H3. The molecule has 0 aliphatic carbocycles. The molecular weight excluding hydrogens is 288 g/mol. The van der Waals surface area contributed by atoms with Gasteiger partial charge in [0, 0.05) is 6.20 Å². The molecule has 0 N–H and O–H groups in total. The fourth-order valence-electron chi connectivity index (χ4n) is 1.16. The molecule has 16 heavy (non-hydrogen) atoms. The summed E-state index contributed by atoms with van der Waals surface area (Å²) in [5, 5.41) is 1.51. The largest absolute Gasteiger partial charge is 0.436 e. The lowest BCUT2D eigenvalue weighted by atomic mass is 10.3. The minimum atomic E-state index is 0.633. The van der Waals surface area contributed by atoms with Crippen molar-refractivity contribution in [2.45, 2.75) is 31.0 Å². The lowest BCUT2D eigenvalue weighted by molar-refractivity contribution is 0.431. The van der Waals surface area contributed by atoms with Gasteiger partial charge in [0.05, 0.1) is 10.2 Å². The molecule has 0 unspecified atom stereocenters. The average molecular weight is 299 g/mol. The third-order valence-electron chi connectivity index (χ3n) is 2.24. The fourth-order valence-corrected chi connectivity index (χ4v) is 2.51. The Morgan fingerprint density at radius 3 is 2.69 bits per heavy atom. The minimum Gasteiger partial charge on any atom is -0.436 e. The Hall–Kier alpha value is -0.810. The number of hydrogen-bond acceptors (Lipinski definition) is 4. The zero-order valence-corrected chi connectivity index (χ0v) is 11.6. The van der Waals surface area contributed by atoms with E-state index >= 15 is 0 Å². The summed E-state index contributed by atoms with van der Waals surface area (Å²) in [5.41, 5.74) is 2.07. The molecular formula is C11H11BrN2OS. The lowest BCUT2D eigenvalue weighted by Crippen LogP contribution is -1.85. The first kappa shape index (κ1) is 11.7. The predicted octanol–water partition coefficient (Wildman–Crippen LogP) is 3.91. The van der Waals surface area contributed by atoms with Crippen molar-refractivity contribution in [3.8, 4) is 0 Å². The van der Waals surface area contributed by atoms with Gasteiger partial charge in [-0.1, -0.05) is 0 Å². The van der Waals surface area contributed by atoms with E-state index in [0.29, 0.717) is 5.22 Å². The van der Waals surface area contributed by atoms with E-state index in [1.807, 2.05) is 26.8 Å². The molecule has 0 aliphatic rings. The SMILES string of the molecule is Cc1ccnc(Sc2nc(C)c(C)o2)c1Br. The molecule has 2 aromatic heterocycles. The van der Waals surface area contributed by atoms with E-state index in [0.717, 1.165) is 26.5 Å². The third kappa shape index (κ3) is 2.30. The van der Waals surface area contributed by atoms with Gasteiger partial charge >= 0.3 is 0 Å². The summed E-state index contributed by atoms with van der Waals surface area (Å²) in [6, 6.07) is 1.96. The van der Waals surface area contributed by atoms with Gasteiger partial charge in [-0.3, -0.25) is 0 Å². The molecule has 0 radical (unpaired) electrons. The van der Waals surface area contributed by atoms with E-state index in [1.165, 1.54) is 11.8 Å². The van der Waals surface area contributed by atoms with Crippen molar-refractivity contribution in [3.05, 3.63) is 33.8 Å². The second kappa shape index (κ2) is 4.59. The van der Waals surface area contributed by atoms with Crippen molar-refractivity contribution in [1.82, 2.24) is 9.97 Å². The predicted molar refractivity (Wildman–Crippen MR) is 66.8 cm³/mol. The molecule has 0 atom stereocenters. The van der Waals surface area contributed by atoms with Crippen molar-refractivity contribution in [2.75, 3.05) is 0 Å². The van der Waals surface area contributed by atoms with E-state index in [4.69, 9.17) is 4.42 Å². The molecule has 0 aliphatic heterocycles. The summed E-state index contributed by atoms with van der Waals surface area (Å²) in [6.07, 6.45) is 1.78. The van der Waals surface area contributed by atoms with Crippen LogP contribution in [-0.2, 0) is 0 Å². The van der Waals surface area contributed by atoms with Gasteiger partial charge in [0.1, 0.15) is 10.8 Å². The van der Waals surface area contributed by atoms with Crippen LogP contribution in [0.2, 0.25) is 0 Å². The van der Waals surface area contributed by atoms with Gasteiger partial charge in [-0.05, 0) is 60.1 Å². The van der Waals surface area contributed by atoms with Crippen LogP contribution >= 0.6 is 27.7 Å². The number of aryl methyl sites for hydroxylation is 3. The highest BCUT2D eigenvalue weighted by atomic mass is 79.9. The van der Waals surface area contributed by atoms with Crippen LogP contribution in [0.4, 0.5) is 0 Å². The fraction of sp³-hybridized carbons (Fsp3) is 0.273. The van der Waals surface area contributed by atoms with Gasteiger partial charge in [-0.15, -0.1) is 0 Å². The highest BCUT2D eigenvalue weighted by molar-refractivity contribution is 9.10. The molecule has 3 nitrogen and oxygen atoms in total. The van der Waals surface area contributed by atoms with Crippen LogP contribution < -0.4 is 0 Å². The Morgan fingerprint density at radius 2 is 2.06 bits per heavy atom. The summed E-state index contributed by atoms with van der Waals surface area (Å²) >= 11 is 4.94. The monoisotopic (exact) mass is 298 g/mol. The highest BCUT2D eigenvalue weighted by Gasteiger charge is 2.11. The summed E-state index contributed by atoms with van der Waals surface area (Å²) in [6.45, 7) is 5.87. The van der Waals surface area contributed by atoms with Crippen LogP contribution in [0, 0.1) is 20.8 Å². The van der Waals surface area contributed by atoms with E-state index < -0.39 is 0 Å². The Labute approximate surface area is 107 Å². The first-order chi connectivity index (χ1) is 7.58. The van der Waals surface area contributed by atoms with Crippen LogP contribution in [0.3, 0.4) is 0 Å². The van der Waals surface area contributed by atoms with Gasteiger partial charge in [0.2, 0.25) is 0 Å². The molecule has 0 saturated carbocycles. The first-order valence-corrected chi connectivity index (χ1v) is 6.42.